The summed E-state index contributed by atoms with van der Waals surface area (Å²) in [5.41, 5.74) is 6.25. The largest absolute Gasteiger partial charge is 0.382 e. The van der Waals surface area contributed by atoms with Crippen molar-refractivity contribution in [2.75, 3.05) is 24.7 Å². The Labute approximate surface area is 115 Å². The number of nitrogens with zero attached hydrogens (tertiary/aromatic N) is 3. The third-order valence-corrected chi connectivity index (χ3v) is 5.62. The highest BCUT2D eigenvalue weighted by Gasteiger charge is 2.53. The highest BCUT2D eigenvalue weighted by atomic mass is 15.4. The molecule has 5 rings (SSSR count). The first-order valence-corrected chi connectivity index (χ1v) is 7.59. The van der Waals surface area contributed by atoms with E-state index in [0.29, 0.717) is 5.82 Å². The van der Waals surface area contributed by atoms with Crippen LogP contribution in [-0.4, -0.2) is 23.9 Å². The van der Waals surface area contributed by atoms with E-state index in [-0.39, 0.29) is 5.54 Å². The van der Waals surface area contributed by atoms with E-state index in [0.717, 1.165) is 17.8 Å². The van der Waals surface area contributed by atoms with Crippen molar-refractivity contribution in [3.63, 3.8) is 0 Å². The van der Waals surface area contributed by atoms with Crippen molar-refractivity contribution in [1.29, 1.82) is 0 Å². The van der Waals surface area contributed by atoms with Crippen LogP contribution in [0.2, 0.25) is 0 Å². The molecule has 0 aromatic carbocycles. The third-order valence-electron chi connectivity index (χ3n) is 5.62. The van der Waals surface area contributed by atoms with Crippen molar-refractivity contribution in [3.8, 4) is 0 Å². The predicted octanol–water partition coefficient (Wildman–Crippen LogP) is 2.46. The quantitative estimate of drug-likeness (QED) is 0.888. The van der Waals surface area contributed by atoms with Crippen LogP contribution in [0.4, 0.5) is 11.6 Å². The first kappa shape index (κ1) is 11.6. The van der Waals surface area contributed by atoms with Crippen molar-refractivity contribution in [1.82, 2.24) is 9.78 Å². The van der Waals surface area contributed by atoms with Crippen LogP contribution in [0.25, 0.3) is 0 Å². The fraction of sp³-hybridized carbons (Fsp3) is 0.800. The molecule has 2 N–H and O–H groups in total. The molecule has 104 valence electrons. The number of nitrogens with two attached hydrogens (primary N) is 1. The minimum atomic E-state index is 0.270. The summed E-state index contributed by atoms with van der Waals surface area (Å²) >= 11 is 0. The average molecular weight is 260 g/mol. The normalized spacial score (nSPS) is 39.8. The molecule has 1 aromatic heterocycles. The highest BCUT2D eigenvalue weighted by Crippen LogP contribution is 2.59. The van der Waals surface area contributed by atoms with Crippen molar-refractivity contribution >= 4 is 11.6 Å². The van der Waals surface area contributed by atoms with Gasteiger partial charge >= 0.3 is 0 Å². The Balaban J connectivity index is 1.79. The van der Waals surface area contributed by atoms with E-state index in [4.69, 9.17) is 5.73 Å². The van der Waals surface area contributed by atoms with Gasteiger partial charge in [0.1, 0.15) is 11.6 Å². The molecule has 4 aliphatic rings. The molecular weight excluding hydrogens is 236 g/mol. The number of hydrogen-bond acceptors (Lipinski definition) is 3. The van der Waals surface area contributed by atoms with Crippen LogP contribution in [0.15, 0.2) is 6.07 Å². The number of anilines is 2. The van der Waals surface area contributed by atoms with Crippen molar-refractivity contribution in [3.05, 3.63) is 6.07 Å². The SMILES string of the molecule is CN(C)c1cc(N)nn1C12CC3CC(CC(C3)C1)C2. The van der Waals surface area contributed by atoms with Gasteiger partial charge in [0.25, 0.3) is 0 Å². The topological polar surface area (TPSA) is 47.1 Å². The van der Waals surface area contributed by atoms with Gasteiger partial charge in [-0.3, -0.25) is 0 Å². The number of aromatic nitrogens is 2. The van der Waals surface area contributed by atoms with Gasteiger partial charge in [-0.15, -0.1) is 0 Å². The second kappa shape index (κ2) is 3.68. The summed E-state index contributed by atoms with van der Waals surface area (Å²) in [5.74, 6) is 4.66. The van der Waals surface area contributed by atoms with Crippen LogP contribution >= 0.6 is 0 Å². The maximum absolute atomic E-state index is 5.98. The third kappa shape index (κ3) is 1.61. The van der Waals surface area contributed by atoms with Gasteiger partial charge in [0.2, 0.25) is 0 Å². The van der Waals surface area contributed by atoms with Crippen molar-refractivity contribution < 1.29 is 0 Å². The van der Waals surface area contributed by atoms with Crippen LogP contribution in [0.3, 0.4) is 0 Å². The Morgan fingerprint density at radius 2 is 1.68 bits per heavy atom. The van der Waals surface area contributed by atoms with E-state index in [1.807, 2.05) is 6.07 Å². The zero-order valence-corrected chi connectivity index (χ0v) is 12.0. The predicted molar refractivity (Wildman–Crippen MR) is 77.1 cm³/mol. The zero-order valence-electron chi connectivity index (χ0n) is 12.0. The lowest BCUT2D eigenvalue weighted by molar-refractivity contribution is -0.0483. The zero-order chi connectivity index (χ0) is 13.2. The van der Waals surface area contributed by atoms with Gasteiger partial charge < -0.3 is 10.6 Å². The molecule has 4 aliphatic carbocycles. The summed E-state index contributed by atoms with van der Waals surface area (Å²) in [7, 11) is 4.18. The molecule has 0 spiro atoms. The Bertz CT molecular complexity index is 467. The summed E-state index contributed by atoms with van der Waals surface area (Å²) in [5, 5.41) is 4.67. The van der Waals surface area contributed by atoms with Crippen LogP contribution in [0, 0.1) is 17.8 Å². The Morgan fingerprint density at radius 3 is 2.16 bits per heavy atom. The number of hydrogen-bond donors (Lipinski definition) is 1. The molecule has 0 atom stereocenters. The summed E-state index contributed by atoms with van der Waals surface area (Å²) in [6.07, 6.45) is 8.36. The van der Waals surface area contributed by atoms with Gasteiger partial charge in [-0.05, 0) is 56.3 Å². The van der Waals surface area contributed by atoms with Crippen molar-refractivity contribution in [2.24, 2.45) is 17.8 Å². The lowest BCUT2D eigenvalue weighted by Crippen LogP contribution is -2.52. The van der Waals surface area contributed by atoms with E-state index in [9.17, 15) is 0 Å². The van der Waals surface area contributed by atoms with Crippen molar-refractivity contribution in [2.45, 2.75) is 44.1 Å². The molecule has 4 nitrogen and oxygen atoms in total. The highest BCUT2D eigenvalue weighted by molar-refractivity contribution is 5.48. The minimum Gasteiger partial charge on any atom is -0.382 e. The summed E-state index contributed by atoms with van der Waals surface area (Å²) in [6.45, 7) is 0. The fourth-order valence-corrected chi connectivity index (χ4v) is 5.38. The van der Waals surface area contributed by atoms with Crippen LogP contribution in [-0.2, 0) is 5.54 Å². The van der Waals surface area contributed by atoms with Gasteiger partial charge in [-0.1, -0.05) is 0 Å². The van der Waals surface area contributed by atoms with Gasteiger partial charge in [0.15, 0.2) is 0 Å². The van der Waals surface area contributed by atoms with Gasteiger partial charge in [0.05, 0.1) is 5.54 Å². The fourth-order valence-electron chi connectivity index (χ4n) is 5.38. The Hall–Kier alpha value is -1.19. The molecule has 0 unspecified atom stereocenters. The standard InChI is InChI=1S/C15H24N4/c1-18(2)14-6-13(16)17-19(14)15-7-10-3-11(8-15)5-12(4-10)9-15/h6,10-12H,3-5,7-9H2,1-2H3,(H2,16,17). The second-order valence-electron chi connectivity index (χ2n) is 7.38. The number of rotatable bonds is 2. The smallest absolute Gasteiger partial charge is 0.147 e. The summed E-state index contributed by atoms with van der Waals surface area (Å²) in [6, 6.07) is 2.03. The van der Waals surface area contributed by atoms with E-state index < -0.39 is 0 Å². The molecule has 4 heteroatoms. The molecule has 4 saturated carbocycles. The lowest BCUT2D eigenvalue weighted by Gasteiger charge is -2.57. The summed E-state index contributed by atoms with van der Waals surface area (Å²) < 4.78 is 2.28. The van der Waals surface area contributed by atoms with Crippen LogP contribution in [0.1, 0.15) is 38.5 Å². The summed E-state index contributed by atoms with van der Waals surface area (Å²) in [4.78, 5) is 2.15. The van der Waals surface area contributed by atoms with Gasteiger partial charge in [-0.2, -0.15) is 5.10 Å². The number of nitrogen functional groups attached to an aromatic ring is 1. The van der Waals surface area contributed by atoms with Crippen LogP contribution in [0.5, 0.6) is 0 Å². The first-order valence-electron chi connectivity index (χ1n) is 7.59. The van der Waals surface area contributed by atoms with E-state index >= 15 is 0 Å². The monoisotopic (exact) mass is 260 g/mol. The molecule has 0 saturated heterocycles. The van der Waals surface area contributed by atoms with Crippen LogP contribution < -0.4 is 10.6 Å². The lowest BCUT2D eigenvalue weighted by atomic mass is 9.53. The average Bonchev–Trinajstić information content (AvgIpc) is 2.70. The van der Waals surface area contributed by atoms with Gasteiger partial charge in [0, 0.05) is 20.2 Å². The van der Waals surface area contributed by atoms with E-state index in [1.54, 1.807) is 0 Å². The molecule has 0 amide bonds. The maximum Gasteiger partial charge on any atom is 0.147 e. The molecule has 19 heavy (non-hydrogen) atoms. The maximum atomic E-state index is 5.98. The van der Waals surface area contributed by atoms with E-state index in [1.165, 1.54) is 44.3 Å². The molecule has 1 aromatic rings. The second-order valence-corrected chi connectivity index (χ2v) is 7.38. The Kier molecular flexibility index (Phi) is 2.25. The first-order chi connectivity index (χ1) is 9.06. The molecular formula is C15H24N4. The molecule has 4 fully saturated rings. The van der Waals surface area contributed by atoms with Gasteiger partial charge in [-0.25, -0.2) is 4.68 Å². The Morgan fingerprint density at radius 1 is 1.16 bits per heavy atom. The molecule has 0 aliphatic heterocycles. The minimum absolute atomic E-state index is 0.270. The molecule has 4 bridgehead atoms. The molecule has 0 radical (unpaired) electrons. The van der Waals surface area contributed by atoms with E-state index in [2.05, 4.69) is 28.8 Å². The molecule has 1 heterocycles.